The zero-order valence-corrected chi connectivity index (χ0v) is 26.6. The van der Waals surface area contributed by atoms with Crippen LogP contribution in [0.4, 0.5) is 0 Å². The number of aryl methyl sites for hydroxylation is 1. The molecule has 0 atom stereocenters. The highest BCUT2D eigenvalue weighted by Gasteiger charge is 2.35. The third-order valence-corrected chi connectivity index (χ3v) is 9.76. The summed E-state index contributed by atoms with van der Waals surface area (Å²) in [5, 5.41) is 4.50. The molecule has 0 fully saturated rings. The molecule has 1 aliphatic carbocycles. The molecule has 47 heavy (non-hydrogen) atoms. The highest BCUT2D eigenvalue weighted by atomic mass is 14.9. The minimum absolute atomic E-state index is 0.0815. The van der Waals surface area contributed by atoms with E-state index in [9.17, 15) is 0 Å². The second-order valence-corrected chi connectivity index (χ2v) is 13.1. The molecule has 6 aromatic carbocycles. The normalized spacial score (nSPS) is 13.3. The Bertz CT molecular complexity index is 2550. The largest absolute Gasteiger partial charge is 0.233 e. The molecule has 0 bridgehead atoms. The Labute approximate surface area is 273 Å². The maximum atomic E-state index is 5.26. The molecule has 0 saturated heterocycles. The van der Waals surface area contributed by atoms with E-state index in [1.54, 1.807) is 0 Å². The van der Waals surface area contributed by atoms with Crippen LogP contribution in [0.1, 0.15) is 42.2 Å². The van der Waals surface area contributed by atoms with Crippen molar-refractivity contribution >= 4 is 32.6 Å². The van der Waals surface area contributed by atoms with Crippen LogP contribution in [0.3, 0.4) is 0 Å². The molecule has 0 aliphatic heterocycles. The summed E-state index contributed by atoms with van der Waals surface area (Å²) in [6, 6.07) is 45.4. The first kappa shape index (κ1) is 27.6. The number of fused-ring (bicyclic) bond motifs is 6. The average Bonchev–Trinajstić information content (AvgIpc) is 3.33. The van der Waals surface area contributed by atoms with E-state index in [4.69, 9.17) is 19.9 Å². The van der Waals surface area contributed by atoms with Crippen LogP contribution in [0.5, 0.6) is 0 Å². The molecule has 0 amide bonds. The standard InChI is InChI=1S/C43H32N4/c1-26-44-39-21-16-27(22-35(39)42(45-26)30-18-17-28-10-4-5-11-29(28)24-30)23-40-46-38-15-9-7-13-34(38)41(47-40)31-19-20-33-32-12-6-8-14-36(32)43(2,3)37(33)25-31/h4-22,24-25H,23H2,1-3H3. The average molecular weight is 605 g/mol. The number of benzene rings is 6. The molecule has 0 spiro atoms. The van der Waals surface area contributed by atoms with E-state index < -0.39 is 0 Å². The number of aromatic nitrogens is 4. The van der Waals surface area contributed by atoms with E-state index in [-0.39, 0.29) is 5.41 Å². The summed E-state index contributed by atoms with van der Waals surface area (Å²) >= 11 is 0. The van der Waals surface area contributed by atoms with Crippen molar-refractivity contribution in [2.45, 2.75) is 32.6 Å². The lowest BCUT2D eigenvalue weighted by Gasteiger charge is -2.22. The number of rotatable bonds is 4. The van der Waals surface area contributed by atoms with Gasteiger partial charge in [-0.25, -0.2) is 19.9 Å². The molecule has 224 valence electrons. The lowest BCUT2D eigenvalue weighted by Crippen LogP contribution is -2.15. The number of para-hydroxylation sites is 1. The predicted molar refractivity (Wildman–Crippen MR) is 193 cm³/mol. The third kappa shape index (κ3) is 4.51. The molecule has 0 saturated carbocycles. The van der Waals surface area contributed by atoms with E-state index in [1.807, 2.05) is 6.92 Å². The second-order valence-electron chi connectivity index (χ2n) is 13.1. The van der Waals surface area contributed by atoms with Crippen molar-refractivity contribution in [1.82, 2.24) is 19.9 Å². The van der Waals surface area contributed by atoms with Crippen LogP contribution in [0.25, 0.3) is 66.2 Å². The first-order valence-electron chi connectivity index (χ1n) is 16.2. The van der Waals surface area contributed by atoms with Crippen LogP contribution in [0.2, 0.25) is 0 Å². The van der Waals surface area contributed by atoms with Gasteiger partial charge in [-0.15, -0.1) is 0 Å². The Kier molecular flexibility index (Phi) is 6.10. The molecular formula is C43H32N4. The molecule has 2 heterocycles. The van der Waals surface area contributed by atoms with Gasteiger partial charge in [0.25, 0.3) is 0 Å². The predicted octanol–water partition coefficient (Wildman–Crippen LogP) is 10.3. The van der Waals surface area contributed by atoms with E-state index >= 15 is 0 Å². The van der Waals surface area contributed by atoms with E-state index in [1.165, 1.54) is 33.0 Å². The maximum Gasteiger partial charge on any atom is 0.134 e. The molecule has 2 aromatic heterocycles. The van der Waals surface area contributed by atoms with Gasteiger partial charge in [-0.1, -0.05) is 111 Å². The van der Waals surface area contributed by atoms with Crippen molar-refractivity contribution < 1.29 is 0 Å². The monoisotopic (exact) mass is 604 g/mol. The van der Waals surface area contributed by atoms with Gasteiger partial charge in [0.1, 0.15) is 11.6 Å². The maximum absolute atomic E-state index is 5.26. The van der Waals surface area contributed by atoms with Crippen LogP contribution in [-0.2, 0) is 11.8 Å². The molecule has 0 radical (unpaired) electrons. The molecule has 9 rings (SSSR count). The SMILES string of the molecule is Cc1nc(-c2ccc3ccccc3c2)c2cc(Cc3nc(-c4ccc5c(c4)C(C)(C)c4ccccc4-5)c4ccccc4n3)ccc2n1. The Balaban J connectivity index is 1.15. The van der Waals surface area contributed by atoms with Crippen LogP contribution < -0.4 is 0 Å². The van der Waals surface area contributed by atoms with Crippen LogP contribution in [0, 0.1) is 6.92 Å². The van der Waals surface area contributed by atoms with Gasteiger partial charge in [0.15, 0.2) is 0 Å². The summed E-state index contributed by atoms with van der Waals surface area (Å²) in [7, 11) is 0. The van der Waals surface area contributed by atoms with Gasteiger partial charge in [0.05, 0.1) is 22.4 Å². The Hall–Kier alpha value is -5.74. The lowest BCUT2D eigenvalue weighted by molar-refractivity contribution is 0.660. The van der Waals surface area contributed by atoms with Crippen molar-refractivity contribution in [1.29, 1.82) is 0 Å². The van der Waals surface area contributed by atoms with Gasteiger partial charge in [-0.2, -0.15) is 0 Å². The first-order chi connectivity index (χ1) is 22.9. The van der Waals surface area contributed by atoms with E-state index in [2.05, 4.69) is 141 Å². The fourth-order valence-electron chi connectivity index (χ4n) is 7.42. The Morgan fingerprint density at radius 2 is 1.21 bits per heavy atom. The van der Waals surface area contributed by atoms with Gasteiger partial charge in [-0.05, 0) is 75.8 Å². The highest BCUT2D eigenvalue weighted by molar-refractivity contribution is 5.97. The molecular weight excluding hydrogens is 573 g/mol. The molecule has 4 nitrogen and oxygen atoms in total. The van der Waals surface area contributed by atoms with Crippen molar-refractivity contribution in [3.63, 3.8) is 0 Å². The molecule has 4 heteroatoms. The van der Waals surface area contributed by atoms with Crippen molar-refractivity contribution in [3.05, 3.63) is 156 Å². The summed E-state index contributed by atoms with van der Waals surface area (Å²) in [5.41, 5.74) is 12.4. The van der Waals surface area contributed by atoms with Gasteiger partial charge < -0.3 is 0 Å². The summed E-state index contributed by atoms with van der Waals surface area (Å²) in [4.78, 5) is 20.0. The summed E-state index contributed by atoms with van der Waals surface area (Å²) in [6.45, 7) is 6.60. The van der Waals surface area contributed by atoms with Crippen molar-refractivity contribution in [3.8, 4) is 33.6 Å². The van der Waals surface area contributed by atoms with Gasteiger partial charge in [-0.3, -0.25) is 0 Å². The van der Waals surface area contributed by atoms with Crippen LogP contribution in [-0.4, -0.2) is 19.9 Å². The molecule has 1 aliphatic rings. The number of hydrogen-bond acceptors (Lipinski definition) is 4. The van der Waals surface area contributed by atoms with Gasteiger partial charge in [0.2, 0.25) is 0 Å². The first-order valence-corrected chi connectivity index (χ1v) is 16.2. The van der Waals surface area contributed by atoms with Crippen LogP contribution >= 0.6 is 0 Å². The quantitative estimate of drug-likeness (QED) is 0.201. The van der Waals surface area contributed by atoms with E-state index in [0.29, 0.717) is 6.42 Å². The fraction of sp³-hybridized carbons (Fsp3) is 0.116. The highest BCUT2D eigenvalue weighted by Crippen LogP contribution is 2.49. The van der Waals surface area contributed by atoms with Crippen LogP contribution in [0.15, 0.2) is 127 Å². The lowest BCUT2D eigenvalue weighted by atomic mass is 9.82. The summed E-state index contributed by atoms with van der Waals surface area (Å²) in [6.07, 6.45) is 0.598. The van der Waals surface area contributed by atoms with Gasteiger partial charge in [0, 0.05) is 33.7 Å². The number of nitrogens with zero attached hydrogens (tertiary/aromatic N) is 4. The Morgan fingerprint density at radius 1 is 0.511 bits per heavy atom. The topological polar surface area (TPSA) is 51.6 Å². The summed E-state index contributed by atoms with van der Waals surface area (Å²) in [5.74, 6) is 1.55. The van der Waals surface area contributed by atoms with E-state index in [0.717, 1.165) is 61.5 Å². The zero-order chi connectivity index (χ0) is 31.7. The Morgan fingerprint density at radius 3 is 2.13 bits per heavy atom. The van der Waals surface area contributed by atoms with Crippen molar-refractivity contribution in [2.75, 3.05) is 0 Å². The second kappa shape index (κ2) is 10.4. The number of hydrogen-bond donors (Lipinski definition) is 0. The molecule has 0 unspecified atom stereocenters. The fourth-order valence-corrected chi connectivity index (χ4v) is 7.42. The third-order valence-electron chi connectivity index (χ3n) is 9.76. The zero-order valence-electron chi connectivity index (χ0n) is 26.6. The molecule has 8 aromatic rings. The van der Waals surface area contributed by atoms with Gasteiger partial charge >= 0.3 is 0 Å². The minimum atomic E-state index is -0.0815. The van der Waals surface area contributed by atoms with Crippen molar-refractivity contribution in [2.24, 2.45) is 0 Å². The summed E-state index contributed by atoms with van der Waals surface area (Å²) < 4.78 is 0. The molecule has 0 N–H and O–H groups in total. The minimum Gasteiger partial charge on any atom is -0.233 e. The smallest absolute Gasteiger partial charge is 0.134 e.